The first-order valence-corrected chi connectivity index (χ1v) is 7.14. The third kappa shape index (κ3) is 3.74. The summed E-state index contributed by atoms with van der Waals surface area (Å²) in [6.07, 6.45) is 4.44. The molecule has 0 aliphatic rings. The maximum Gasteiger partial charge on any atom is 0.120 e. The van der Waals surface area contributed by atoms with E-state index in [0.29, 0.717) is 6.61 Å². The molecule has 0 saturated heterocycles. The van der Waals surface area contributed by atoms with Crippen LogP contribution in [0.4, 0.5) is 0 Å². The Kier molecular flexibility index (Phi) is 5.28. The molecule has 0 spiro atoms. The molecule has 0 atom stereocenters. The minimum Gasteiger partial charge on any atom is -0.494 e. The van der Waals surface area contributed by atoms with Gasteiger partial charge in [-0.2, -0.15) is 0 Å². The average molecular weight is 261 g/mol. The molecule has 3 nitrogen and oxygen atoms in total. The summed E-state index contributed by atoms with van der Waals surface area (Å²) in [6, 6.07) is 8.36. The molecule has 0 unspecified atom stereocenters. The third-order valence-electron chi connectivity index (χ3n) is 3.17. The van der Waals surface area contributed by atoms with Crippen LogP contribution in [-0.4, -0.2) is 24.4 Å². The molecule has 1 heterocycles. The van der Waals surface area contributed by atoms with Gasteiger partial charge in [-0.15, -0.1) is 0 Å². The number of hydrogen-bond acceptors (Lipinski definition) is 2. The Balaban J connectivity index is 1.96. The largest absolute Gasteiger partial charge is 0.494 e. The molecular formula is C16H23NO2. The maximum absolute atomic E-state index is 5.61. The van der Waals surface area contributed by atoms with Crippen LogP contribution in [0.2, 0.25) is 0 Å². The predicted octanol–water partition coefficient (Wildman–Crippen LogP) is 3.86. The highest BCUT2D eigenvalue weighted by Gasteiger charge is 2.02. The van der Waals surface area contributed by atoms with Gasteiger partial charge in [-0.1, -0.05) is 13.3 Å². The fourth-order valence-corrected chi connectivity index (χ4v) is 2.14. The van der Waals surface area contributed by atoms with Gasteiger partial charge in [0.15, 0.2) is 0 Å². The molecule has 2 aromatic rings. The highest BCUT2D eigenvalue weighted by atomic mass is 16.5. The van der Waals surface area contributed by atoms with Crippen LogP contribution in [0.25, 0.3) is 10.9 Å². The molecule has 0 amide bonds. The molecule has 0 aliphatic carbocycles. The standard InChI is InChI=1S/C16H23NO2/c1-3-5-11-18-12-10-17-9-8-14-13-15(19-4-2)6-7-16(14)17/h6-9,13H,3-5,10-12H2,1-2H3. The molecule has 0 saturated carbocycles. The van der Waals surface area contributed by atoms with Gasteiger partial charge in [-0.05, 0) is 37.6 Å². The molecule has 3 heteroatoms. The van der Waals surface area contributed by atoms with Gasteiger partial charge in [0.1, 0.15) is 5.75 Å². The molecule has 1 aromatic carbocycles. The average Bonchev–Trinajstić information content (AvgIpc) is 2.82. The van der Waals surface area contributed by atoms with E-state index in [9.17, 15) is 0 Å². The van der Waals surface area contributed by atoms with Crippen LogP contribution in [0.5, 0.6) is 5.75 Å². The van der Waals surface area contributed by atoms with Gasteiger partial charge < -0.3 is 14.0 Å². The number of nitrogens with zero attached hydrogens (tertiary/aromatic N) is 1. The first-order valence-electron chi connectivity index (χ1n) is 7.14. The van der Waals surface area contributed by atoms with Crippen molar-refractivity contribution in [3.05, 3.63) is 30.5 Å². The second kappa shape index (κ2) is 7.19. The number of ether oxygens (including phenoxy) is 2. The third-order valence-corrected chi connectivity index (χ3v) is 3.17. The zero-order valence-electron chi connectivity index (χ0n) is 11.9. The Bertz CT molecular complexity index is 504. The zero-order valence-corrected chi connectivity index (χ0v) is 11.9. The fourth-order valence-electron chi connectivity index (χ4n) is 2.14. The summed E-state index contributed by atoms with van der Waals surface area (Å²) >= 11 is 0. The van der Waals surface area contributed by atoms with E-state index in [0.717, 1.165) is 31.9 Å². The molecule has 0 radical (unpaired) electrons. The number of fused-ring (bicyclic) bond motifs is 1. The van der Waals surface area contributed by atoms with Crippen molar-refractivity contribution >= 4 is 10.9 Å². The quantitative estimate of drug-likeness (QED) is 0.674. The van der Waals surface area contributed by atoms with Gasteiger partial charge in [-0.3, -0.25) is 0 Å². The van der Waals surface area contributed by atoms with E-state index in [4.69, 9.17) is 9.47 Å². The minimum atomic E-state index is 0.706. The van der Waals surface area contributed by atoms with E-state index < -0.39 is 0 Å². The van der Waals surface area contributed by atoms with E-state index in [-0.39, 0.29) is 0 Å². The van der Waals surface area contributed by atoms with Crippen molar-refractivity contribution in [1.82, 2.24) is 4.57 Å². The van der Waals surface area contributed by atoms with Crippen molar-refractivity contribution in [1.29, 1.82) is 0 Å². The Morgan fingerprint density at radius 2 is 2.00 bits per heavy atom. The lowest BCUT2D eigenvalue weighted by Crippen LogP contribution is -2.05. The molecule has 19 heavy (non-hydrogen) atoms. The van der Waals surface area contributed by atoms with E-state index in [2.05, 4.69) is 35.9 Å². The summed E-state index contributed by atoms with van der Waals surface area (Å²) in [6.45, 7) is 7.43. The van der Waals surface area contributed by atoms with Gasteiger partial charge in [0.2, 0.25) is 0 Å². The Hall–Kier alpha value is -1.48. The van der Waals surface area contributed by atoms with Crippen molar-refractivity contribution in [2.45, 2.75) is 33.2 Å². The lowest BCUT2D eigenvalue weighted by atomic mass is 10.2. The van der Waals surface area contributed by atoms with Crippen LogP contribution in [0.3, 0.4) is 0 Å². The summed E-state index contributed by atoms with van der Waals surface area (Å²) < 4.78 is 13.4. The lowest BCUT2D eigenvalue weighted by Gasteiger charge is -2.07. The first-order chi connectivity index (χ1) is 9.35. The van der Waals surface area contributed by atoms with E-state index >= 15 is 0 Å². The highest BCUT2D eigenvalue weighted by molar-refractivity contribution is 5.81. The molecule has 0 fully saturated rings. The van der Waals surface area contributed by atoms with Crippen LogP contribution in [0, 0.1) is 0 Å². The van der Waals surface area contributed by atoms with Crippen molar-refractivity contribution in [3.8, 4) is 5.75 Å². The predicted molar refractivity (Wildman–Crippen MR) is 78.8 cm³/mol. The summed E-state index contributed by atoms with van der Waals surface area (Å²) in [7, 11) is 0. The Morgan fingerprint density at radius 3 is 2.79 bits per heavy atom. The molecule has 0 bridgehead atoms. The van der Waals surface area contributed by atoms with E-state index in [1.807, 2.05) is 13.0 Å². The highest BCUT2D eigenvalue weighted by Crippen LogP contribution is 2.22. The first kappa shape index (κ1) is 13.9. The number of benzene rings is 1. The van der Waals surface area contributed by atoms with E-state index in [1.54, 1.807) is 0 Å². The van der Waals surface area contributed by atoms with Crippen LogP contribution in [0.1, 0.15) is 26.7 Å². The maximum atomic E-state index is 5.61. The monoisotopic (exact) mass is 261 g/mol. The van der Waals surface area contributed by atoms with Gasteiger partial charge >= 0.3 is 0 Å². The van der Waals surface area contributed by atoms with Crippen molar-refractivity contribution in [2.24, 2.45) is 0 Å². The van der Waals surface area contributed by atoms with Crippen LogP contribution >= 0.6 is 0 Å². The summed E-state index contributed by atoms with van der Waals surface area (Å²) in [5.74, 6) is 0.937. The molecule has 0 aliphatic heterocycles. The van der Waals surface area contributed by atoms with Gasteiger partial charge in [0.25, 0.3) is 0 Å². The zero-order chi connectivity index (χ0) is 13.5. The number of unbranched alkanes of at least 4 members (excludes halogenated alkanes) is 1. The van der Waals surface area contributed by atoms with Crippen molar-refractivity contribution < 1.29 is 9.47 Å². The van der Waals surface area contributed by atoms with Crippen LogP contribution in [-0.2, 0) is 11.3 Å². The normalized spacial score (nSPS) is 11.1. The Labute approximate surface area is 115 Å². The Morgan fingerprint density at radius 1 is 1.11 bits per heavy atom. The second-order valence-electron chi connectivity index (χ2n) is 4.63. The molecular weight excluding hydrogens is 238 g/mol. The lowest BCUT2D eigenvalue weighted by molar-refractivity contribution is 0.124. The topological polar surface area (TPSA) is 23.4 Å². The number of hydrogen-bond donors (Lipinski definition) is 0. The van der Waals surface area contributed by atoms with Gasteiger partial charge in [-0.25, -0.2) is 0 Å². The molecule has 0 N–H and O–H groups in total. The van der Waals surface area contributed by atoms with Crippen LogP contribution < -0.4 is 4.74 Å². The fraction of sp³-hybridized carbons (Fsp3) is 0.500. The summed E-state index contributed by atoms with van der Waals surface area (Å²) in [5, 5.41) is 1.22. The van der Waals surface area contributed by atoms with Gasteiger partial charge in [0.05, 0.1) is 13.2 Å². The number of rotatable bonds is 8. The molecule has 104 valence electrons. The number of aromatic nitrogens is 1. The van der Waals surface area contributed by atoms with E-state index in [1.165, 1.54) is 17.3 Å². The van der Waals surface area contributed by atoms with Gasteiger partial charge in [0, 0.05) is 30.3 Å². The smallest absolute Gasteiger partial charge is 0.120 e. The SMILES string of the molecule is CCCCOCCn1ccc2cc(OCC)ccc21. The van der Waals surface area contributed by atoms with Crippen molar-refractivity contribution in [3.63, 3.8) is 0 Å². The summed E-state index contributed by atoms with van der Waals surface area (Å²) in [5.41, 5.74) is 1.24. The second-order valence-corrected chi connectivity index (χ2v) is 4.63. The molecule has 1 aromatic heterocycles. The van der Waals surface area contributed by atoms with Crippen molar-refractivity contribution in [2.75, 3.05) is 19.8 Å². The minimum absolute atomic E-state index is 0.706. The summed E-state index contributed by atoms with van der Waals surface area (Å²) in [4.78, 5) is 0. The molecule has 2 rings (SSSR count). The van der Waals surface area contributed by atoms with Crippen LogP contribution in [0.15, 0.2) is 30.5 Å².